The second kappa shape index (κ2) is 6.77. The lowest BCUT2D eigenvalue weighted by atomic mass is 10.2. The van der Waals surface area contributed by atoms with Crippen LogP contribution in [-0.4, -0.2) is 25.4 Å². The van der Waals surface area contributed by atoms with Gasteiger partial charge in [0.15, 0.2) is 0 Å². The number of halogens is 1. The van der Waals surface area contributed by atoms with Gasteiger partial charge < -0.3 is 9.47 Å². The molecule has 5 nitrogen and oxygen atoms in total. The van der Waals surface area contributed by atoms with Crippen molar-refractivity contribution in [1.82, 2.24) is 4.98 Å². The third-order valence-corrected chi connectivity index (χ3v) is 2.75. The zero-order valence-electron chi connectivity index (χ0n) is 11.1. The van der Waals surface area contributed by atoms with E-state index in [-0.39, 0.29) is 0 Å². The Morgan fingerprint density at radius 3 is 2.75 bits per heavy atom. The molecule has 1 aromatic carbocycles. The summed E-state index contributed by atoms with van der Waals surface area (Å²) in [6, 6.07) is 10.7. The molecule has 0 aliphatic carbocycles. The summed E-state index contributed by atoms with van der Waals surface area (Å²) >= 11 is 5.78. The lowest BCUT2D eigenvalue weighted by Gasteiger charge is -2.07. The van der Waals surface area contributed by atoms with Crippen molar-refractivity contribution in [2.24, 2.45) is 5.10 Å². The van der Waals surface area contributed by atoms with Gasteiger partial charge in [-0.3, -0.25) is 5.43 Å². The van der Waals surface area contributed by atoms with Gasteiger partial charge in [-0.2, -0.15) is 5.10 Å². The molecule has 104 valence electrons. The first kappa shape index (κ1) is 14.1. The minimum Gasteiger partial charge on any atom is -0.497 e. The number of hydrogen-bond donors (Lipinski definition) is 1. The molecule has 0 unspecified atom stereocenters. The van der Waals surface area contributed by atoms with Crippen molar-refractivity contribution in [3.63, 3.8) is 0 Å². The maximum atomic E-state index is 5.78. The molecule has 1 aromatic heterocycles. The smallest absolute Gasteiger partial charge is 0.147 e. The fourth-order valence-corrected chi connectivity index (χ4v) is 1.73. The van der Waals surface area contributed by atoms with Crippen molar-refractivity contribution in [2.45, 2.75) is 0 Å². The van der Waals surface area contributed by atoms with E-state index in [1.54, 1.807) is 44.7 Å². The van der Waals surface area contributed by atoms with Crippen LogP contribution >= 0.6 is 11.6 Å². The zero-order chi connectivity index (χ0) is 14.4. The lowest BCUT2D eigenvalue weighted by molar-refractivity contribution is 0.394. The van der Waals surface area contributed by atoms with Crippen molar-refractivity contribution in [1.29, 1.82) is 0 Å². The van der Waals surface area contributed by atoms with E-state index in [9.17, 15) is 0 Å². The first-order valence-corrected chi connectivity index (χ1v) is 6.24. The highest BCUT2D eigenvalue weighted by Crippen LogP contribution is 2.23. The quantitative estimate of drug-likeness (QED) is 0.522. The van der Waals surface area contributed by atoms with E-state index < -0.39 is 0 Å². The van der Waals surface area contributed by atoms with Gasteiger partial charge in [0.25, 0.3) is 0 Å². The summed E-state index contributed by atoms with van der Waals surface area (Å²) in [6.45, 7) is 0. The summed E-state index contributed by atoms with van der Waals surface area (Å²) in [5.41, 5.74) is 3.62. The summed E-state index contributed by atoms with van der Waals surface area (Å²) in [5, 5.41) is 4.51. The van der Waals surface area contributed by atoms with Crippen molar-refractivity contribution in [3.8, 4) is 11.5 Å². The van der Waals surface area contributed by atoms with Crippen LogP contribution in [0.15, 0.2) is 41.5 Å². The van der Waals surface area contributed by atoms with Crippen LogP contribution in [0.25, 0.3) is 0 Å². The van der Waals surface area contributed by atoms with E-state index in [2.05, 4.69) is 15.5 Å². The van der Waals surface area contributed by atoms with E-state index in [0.717, 1.165) is 11.3 Å². The van der Waals surface area contributed by atoms with Crippen LogP contribution in [0.5, 0.6) is 11.5 Å². The molecule has 0 amide bonds. The molecule has 1 heterocycles. The van der Waals surface area contributed by atoms with Crippen LogP contribution in [0.2, 0.25) is 5.15 Å². The SMILES string of the molecule is COc1ccc(/C=N/Nc2cccc(Cl)n2)c(OC)c1. The maximum absolute atomic E-state index is 5.78. The fraction of sp³-hybridized carbons (Fsp3) is 0.143. The lowest BCUT2D eigenvalue weighted by Crippen LogP contribution is -1.96. The van der Waals surface area contributed by atoms with E-state index in [1.807, 2.05) is 12.1 Å². The highest BCUT2D eigenvalue weighted by Gasteiger charge is 2.02. The summed E-state index contributed by atoms with van der Waals surface area (Å²) in [6.07, 6.45) is 1.64. The van der Waals surface area contributed by atoms with Gasteiger partial charge in [0.2, 0.25) is 0 Å². The summed E-state index contributed by atoms with van der Waals surface area (Å²) < 4.78 is 10.4. The summed E-state index contributed by atoms with van der Waals surface area (Å²) in [5.74, 6) is 1.97. The number of nitrogens with zero attached hydrogens (tertiary/aromatic N) is 2. The van der Waals surface area contributed by atoms with Gasteiger partial charge in [0.05, 0.1) is 20.4 Å². The van der Waals surface area contributed by atoms with E-state index in [1.165, 1.54) is 0 Å². The number of ether oxygens (including phenoxy) is 2. The monoisotopic (exact) mass is 291 g/mol. The number of aromatic nitrogens is 1. The number of methoxy groups -OCH3 is 2. The second-order valence-corrected chi connectivity index (χ2v) is 4.21. The maximum Gasteiger partial charge on any atom is 0.147 e. The average molecular weight is 292 g/mol. The van der Waals surface area contributed by atoms with Crippen molar-refractivity contribution in [2.75, 3.05) is 19.6 Å². The van der Waals surface area contributed by atoms with Crippen LogP contribution in [0.3, 0.4) is 0 Å². The number of anilines is 1. The first-order chi connectivity index (χ1) is 9.72. The minimum atomic E-state index is 0.409. The van der Waals surface area contributed by atoms with Crippen LogP contribution in [0, 0.1) is 0 Å². The summed E-state index contributed by atoms with van der Waals surface area (Å²) in [4.78, 5) is 4.06. The van der Waals surface area contributed by atoms with Crippen LogP contribution < -0.4 is 14.9 Å². The van der Waals surface area contributed by atoms with Crippen LogP contribution in [0.1, 0.15) is 5.56 Å². The molecule has 6 heteroatoms. The Balaban J connectivity index is 2.11. The van der Waals surface area contributed by atoms with Crippen molar-refractivity contribution < 1.29 is 9.47 Å². The van der Waals surface area contributed by atoms with Gasteiger partial charge in [0, 0.05) is 11.6 Å². The van der Waals surface area contributed by atoms with Gasteiger partial charge in [0.1, 0.15) is 22.5 Å². The highest BCUT2D eigenvalue weighted by molar-refractivity contribution is 6.29. The molecule has 0 aliphatic rings. The molecule has 0 spiro atoms. The Kier molecular flexibility index (Phi) is 4.79. The Bertz CT molecular complexity index is 617. The van der Waals surface area contributed by atoms with E-state index >= 15 is 0 Å². The minimum absolute atomic E-state index is 0.409. The molecule has 0 fully saturated rings. The molecule has 0 radical (unpaired) electrons. The van der Waals surface area contributed by atoms with E-state index in [0.29, 0.717) is 16.7 Å². The van der Waals surface area contributed by atoms with Gasteiger partial charge in [-0.15, -0.1) is 0 Å². The number of hydrazone groups is 1. The molecule has 2 rings (SSSR count). The predicted molar refractivity (Wildman–Crippen MR) is 80.0 cm³/mol. The molecular formula is C14H14ClN3O2. The standard InChI is InChI=1S/C14H14ClN3O2/c1-19-11-7-6-10(12(8-11)20-2)9-16-18-14-5-3-4-13(15)17-14/h3-9H,1-2H3,(H,17,18)/b16-9+. The molecule has 20 heavy (non-hydrogen) atoms. The van der Waals surface area contributed by atoms with E-state index in [4.69, 9.17) is 21.1 Å². The van der Waals surface area contributed by atoms with Crippen molar-refractivity contribution >= 4 is 23.6 Å². The third-order valence-electron chi connectivity index (χ3n) is 2.54. The van der Waals surface area contributed by atoms with Gasteiger partial charge in [-0.05, 0) is 24.3 Å². The third kappa shape index (κ3) is 3.61. The first-order valence-electron chi connectivity index (χ1n) is 5.86. The number of pyridine rings is 1. The number of rotatable bonds is 5. The zero-order valence-corrected chi connectivity index (χ0v) is 11.9. The number of benzene rings is 1. The molecule has 2 aromatic rings. The highest BCUT2D eigenvalue weighted by atomic mass is 35.5. The molecular weight excluding hydrogens is 278 g/mol. The Labute approximate surface area is 122 Å². The molecule has 0 saturated carbocycles. The molecule has 1 N–H and O–H groups in total. The largest absolute Gasteiger partial charge is 0.497 e. The number of hydrogen-bond acceptors (Lipinski definition) is 5. The van der Waals surface area contributed by atoms with Gasteiger partial charge >= 0.3 is 0 Å². The summed E-state index contributed by atoms with van der Waals surface area (Å²) in [7, 11) is 3.20. The topological polar surface area (TPSA) is 55.7 Å². The second-order valence-electron chi connectivity index (χ2n) is 3.82. The predicted octanol–water partition coefficient (Wildman–Crippen LogP) is 3.20. The van der Waals surface area contributed by atoms with Crippen LogP contribution in [-0.2, 0) is 0 Å². The fourth-order valence-electron chi connectivity index (χ4n) is 1.56. The van der Waals surface area contributed by atoms with Gasteiger partial charge in [-0.25, -0.2) is 4.98 Å². The molecule has 0 aliphatic heterocycles. The number of nitrogens with one attached hydrogen (secondary N) is 1. The molecule has 0 bridgehead atoms. The normalized spacial score (nSPS) is 10.6. The average Bonchev–Trinajstić information content (AvgIpc) is 2.47. The Morgan fingerprint density at radius 2 is 2.05 bits per heavy atom. The Morgan fingerprint density at radius 1 is 1.20 bits per heavy atom. The van der Waals surface area contributed by atoms with Crippen molar-refractivity contribution in [3.05, 3.63) is 47.1 Å². The Hall–Kier alpha value is -2.27. The van der Waals surface area contributed by atoms with Gasteiger partial charge in [-0.1, -0.05) is 17.7 Å². The molecule has 0 atom stereocenters. The van der Waals surface area contributed by atoms with Crippen LogP contribution in [0.4, 0.5) is 5.82 Å². The molecule has 0 saturated heterocycles.